The summed E-state index contributed by atoms with van der Waals surface area (Å²) in [5.74, 6) is 0. The van der Waals surface area contributed by atoms with Crippen LogP contribution in [0.5, 0.6) is 0 Å². The van der Waals surface area contributed by atoms with Crippen LogP contribution < -0.4 is 0 Å². The molecule has 0 atom stereocenters. The monoisotopic (exact) mass is 402 g/mol. The van der Waals surface area contributed by atoms with Gasteiger partial charge >= 0.3 is 0 Å². The highest BCUT2D eigenvalue weighted by atomic mass is 35.5. The maximum atomic E-state index is 12.8. The second-order valence-corrected chi connectivity index (χ2v) is 8.92. The summed E-state index contributed by atoms with van der Waals surface area (Å²) < 4.78 is 28.6. The lowest BCUT2D eigenvalue weighted by Gasteiger charge is -2.34. The molecule has 1 aliphatic heterocycles. The molecule has 136 valence electrons. The summed E-state index contributed by atoms with van der Waals surface area (Å²) in [6.45, 7) is 4.58. The zero-order valence-corrected chi connectivity index (χ0v) is 16.4. The number of sulfonamides is 1. The minimum atomic E-state index is -3.50. The summed E-state index contributed by atoms with van der Waals surface area (Å²) in [7, 11) is -1.78. The molecule has 1 fully saturated rings. The Morgan fingerprint density at radius 1 is 1.16 bits per heavy atom. The van der Waals surface area contributed by atoms with Gasteiger partial charge in [-0.2, -0.15) is 9.40 Å². The van der Waals surface area contributed by atoms with Crippen LogP contribution in [0.15, 0.2) is 29.3 Å². The predicted molar refractivity (Wildman–Crippen MR) is 98.4 cm³/mol. The third-order valence-electron chi connectivity index (χ3n) is 4.33. The van der Waals surface area contributed by atoms with Gasteiger partial charge < -0.3 is 0 Å². The van der Waals surface area contributed by atoms with Gasteiger partial charge in [-0.1, -0.05) is 29.3 Å². The standard InChI is InChI=1S/C16H20Cl2N4O2S/c1-12-16(11-20(2)19-12)25(23,24)22-7-5-21(6-8-22)10-13-3-4-14(17)9-15(13)18/h3-4,9,11H,5-8,10H2,1-2H3. The molecule has 25 heavy (non-hydrogen) atoms. The van der Waals surface area contributed by atoms with Gasteiger partial charge in [0, 0.05) is 56.0 Å². The number of rotatable bonds is 4. The van der Waals surface area contributed by atoms with Crippen LogP contribution in [0.1, 0.15) is 11.3 Å². The number of hydrogen-bond acceptors (Lipinski definition) is 4. The lowest BCUT2D eigenvalue weighted by atomic mass is 10.2. The largest absolute Gasteiger partial charge is 0.296 e. The second-order valence-electron chi connectivity index (χ2n) is 6.17. The number of hydrogen-bond donors (Lipinski definition) is 0. The van der Waals surface area contributed by atoms with E-state index in [9.17, 15) is 8.42 Å². The Kier molecular flexibility index (Phi) is 5.41. The topological polar surface area (TPSA) is 58.4 Å². The number of aryl methyl sites for hydroxylation is 2. The lowest BCUT2D eigenvalue weighted by molar-refractivity contribution is 0.181. The Morgan fingerprint density at radius 3 is 2.40 bits per heavy atom. The van der Waals surface area contributed by atoms with Crippen LogP contribution in [0.3, 0.4) is 0 Å². The maximum Gasteiger partial charge on any atom is 0.246 e. The highest BCUT2D eigenvalue weighted by Gasteiger charge is 2.31. The smallest absolute Gasteiger partial charge is 0.246 e. The minimum Gasteiger partial charge on any atom is -0.296 e. The Labute approximate surface area is 158 Å². The van der Waals surface area contributed by atoms with Crippen LogP contribution in [0, 0.1) is 6.92 Å². The molecule has 1 aliphatic rings. The molecular formula is C16H20Cl2N4O2S. The van der Waals surface area contributed by atoms with E-state index < -0.39 is 10.0 Å². The van der Waals surface area contributed by atoms with E-state index in [0.717, 1.165) is 5.56 Å². The first-order valence-electron chi connectivity index (χ1n) is 7.94. The Balaban J connectivity index is 1.66. The average molecular weight is 403 g/mol. The van der Waals surface area contributed by atoms with Gasteiger partial charge in [0.2, 0.25) is 10.0 Å². The minimum absolute atomic E-state index is 0.282. The summed E-state index contributed by atoms with van der Waals surface area (Å²) in [4.78, 5) is 2.47. The van der Waals surface area contributed by atoms with Crippen LogP contribution >= 0.6 is 23.2 Å². The molecule has 1 aromatic carbocycles. The van der Waals surface area contributed by atoms with E-state index in [1.165, 1.54) is 8.99 Å². The lowest BCUT2D eigenvalue weighted by Crippen LogP contribution is -2.48. The molecular weight excluding hydrogens is 383 g/mol. The molecule has 1 saturated heterocycles. The Hall–Kier alpha value is -1.12. The van der Waals surface area contributed by atoms with Gasteiger partial charge in [0.15, 0.2) is 0 Å². The molecule has 0 amide bonds. The second kappa shape index (κ2) is 7.25. The van der Waals surface area contributed by atoms with E-state index in [2.05, 4.69) is 10.00 Å². The average Bonchev–Trinajstić information content (AvgIpc) is 2.90. The van der Waals surface area contributed by atoms with Gasteiger partial charge in [-0.3, -0.25) is 9.58 Å². The predicted octanol–water partition coefficient (Wildman–Crippen LogP) is 2.54. The molecule has 0 unspecified atom stereocenters. The van der Waals surface area contributed by atoms with Gasteiger partial charge in [-0.05, 0) is 24.6 Å². The molecule has 0 N–H and O–H groups in total. The van der Waals surface area contributed by atoms with Crippen molar-refractivity contribution in [1.29, 1.82) is 0 Å². The van der Waals surface area contributed by atoms with Crippen molar-refractivity contribution >= 4 is 33.2 Å². The number of piperazine rings is 1. The van der Waals surface area contributed by atoms with Crippen molar-refractivity contribution in [3.8, 4) is 0 Å². The highest BCUT2D eigenvalue weighted by Crippen LogP contribution is 2.24. The molecule has 0 spiro atoms. The van der Waals surface area contributed by atoms with Gasteiger partial charge in [-0.25, -0.2) is 8.42 Å². The van der Waals surface area contributed by atoms with Gasteiger partial charge in [-0.15, -0.1) is 0 Å². The summed E-state index contributed by atoms with van der Waals surface area (Å²) in [5.41, 5.74) is 1.52. The van der Waals surface area contributed by atoms with E-state index in [1.807, 2.05) is 12.1 Å². The van der Waals surface area contributed by atoms with Crippen LogP contribution in [-0.2, 0) is 23.6 Å². The van der Waals surface area contributed by atoms with Crippen molar-refractivity contribution in [2.45, 2.75) is 18.4 Å². The third kappa shape index (κ3) is 4.01. The van der Waals surface area contributed by atoms with Crippen LogP contribution in [0.2, 0.25) is 10.0 Å². The molecule has 0 radical (unpaired) electrons. The number of benzene rings is 1. The summed E-state index contributed by atoms with van der Waals surface area (Å²) in [6, 6.07) is 5.45. The number of nitrogens with zero attached hydrogens (tertiary/aromatic N) is 4. The van der Waals surface area contributed by atoms with Gasteiger partial charge in [0.25, 0.3) is 0 Å². The fourth-order valence-corrected chi connectivity index (χ4v) is 5.08. The van der Waals surface area contributed by atoms with Gasteiger partial charge in [0.05, 0.1) is 5.69 Å². The number of aromatic nitrogens is 2. The van der Waals surface area contributed by atoms with Crippen LogP contribution in [-0.4, -0.2) is 53.6 Å². The number of halogens is 2. The maximum absolute atomic E-state index is 12.8. The zero-order valence-electron chi connectivity index (χ0n) is 14.1. The summed E-state index contributed by atoms with van der Waals surface area (Å²) in [6.07, 6.45) is 1.56. The molecule has 0 saturated carbocycles. The SMILES string of the molecule is Cc1nn(C)cc1S(=O)(=O)N1CCN(Cc2ccc(Cl)cc2Cl)CC1. The molecule has 1 aromatic heterocycles. The Bertz CT molecular complexity index is 874. The van der Waals surface area contributed by atoms with Crippen molar-refractivity contribution in [3.63, 3.8) is 0 Å². The fourth-order valence-electron chi connectivity index (χ4n) is 2.99. The van der Waals surface area contributed by atoms with E-state index in [4.69, 9.17) is 23.2 Å². The van der Waals surface area contributed by atoms with Crippen LogP contribution in [0.25, 0.3) is 0 Å². The normalized spacial score (nSPS) is 17.1. The van der Waals surface area contributed by atoms with Crippen LogP contribution in [0.4, 0.5) is 0 Å². The molecule has 2 aromatic rings. The van der Waals surface area contributed by atoms with E-state index in [1.54, 1.807) is 26.2 Å². The summed E-state index contributed by atoms with van der Waals surface area (Å²) in [5, 5.41) is 5.38. The molecule has 0 aliphatic carbocycles. The highest BCUT2D eigenvalue weighted by molar-refractivity contribution is 7.89. The third-order valence-corrected chi connectivity index (χ3v) is 6.92. The molecule has 3 rings (SSSR count). The van der Waals surface area contributed by atoms with E-state index >= 15 is 0 Å². The van der Waals surface area contributed by atoms with Crippen molar-refractivity contribution < 1.29 is 8.42 Å². The van der Waals surface area contributed by atoms with Crippen molar-refractivity contribution in [2.24, 2.45) is 7.05 Å². The van der Waals surface area contributed by atoms with E-state index in [-0.39, 0.29) is 4.90 Å². The van der Waals surface area contributed by atoms with Crippen molar-refractivity contribution in [1.82, 2.24) is 19.0 Å². The Morgan fingerprint density at radius 2 is 1.84 bits per heavy atom. The van der Waals surface area contributed by atoms with Crippen molar-refractivity contribution in [2.75, 3.05) is 26.2 Å². The molecule has 9 heteroatoms. The molecule has 0 bridgehead atoms. The first kappa shape index (κ1) is 18.7. The van der Waals surface area contributed by atoms with E-state index in [0.29, 0.717) is 48.5 Å². The quantitative estimate of drug-likeness (QED) is 0.788. The first-order valence-corrected chi connectivity index (χ1v) is 10.1. The molecule has 2 heterocycles. The van der Waals surface area contributed by atoms with Gasteiger partial charge in [0.1, 0.15) is 4.90 Å². The van der Waals surface area contributed by atoms with Crippen molar-refractivity contribution in [3.05, 3.63) is 45.7 Å². The zero-order chi connectivity index (χ0) is 18.2. The summed E-state index contributed by atoms with van der Waals surface area (Å²) >= 11 is 12.1. The molecule has 6 nitrogen and oxygen atoms in total. The first-order chi connectivity index (χ1) is 11.8. The fraction of sp³-hybridized carbons (Fsp3) is 0.438.